The van der Waals surface area contributed by atoms with E-state index in [1.807, 2.05) is 23.1 Å². The van der Waals surface area contributed by atoms with Crippen molar-refractivity contribution in [3.8, 4) is 0 Å². The lowest BCUT2D eigenvalue weighted by Gasteiger charge is -2.29. The van der Waals surface area contributed by atoms with E-state index in [1.165, 1.54) is 0 Å². The molecule has 1 fully saturated rings. The van der Waals surface area contributed by atoms with Crippen LogP contribution >= 0.6 is 0 Å². The topological polar surface area (TPSA) is 25.4 Å². The molecule has 0 amide bonds. The number of halogens is 1. The zero-order chi connectivity index (χ0) is 11.7. The van der Waals surface area contributed by atoms with Crippen molar-refractivity contribution in [2.75, 3.05) is 31.2 Å². The molecule has 2 heterocycles. The van der Waals surface area contributed by atoms with Crippen LogP contribution in [0.5, 0.6) is 0 Å². The molecule has 1 aliphatic heterocycles. The third kappa shape index (κ3) is 1.96. The minimum absolute atomic E-state index is 0.188. The fourth-order valence-corrected chi connectivity index (χ4v) is 2.13. The summed E-state index contributed by atoms with van der Waals surface area (Å²) in [4.78, 5) is 6.26. The Labute approximate surface area is 98.8 Å². The molecule has 1 aromatic heterocycles. The Morgan fingerprint density at radius 3 is 2.88 bits per heavy atom. The first-order chi connectivity index (χ1) is 8.34. The molecule has 4 heteroatoms. The number of fused-ring (bicyclic) bond motifs is 1. The van der Waals surface area contributed by atoms with E-state index in [-0.39, 0.29) is 5.82 Å². The SMILES string of the molecule is Fc1cc2cccnc2cc1N1CCOCC1. The Balaban J connectivity index is 2.06. The highest BCUT2D eigenvalue weighted by atomic mass is 19.1. The van der Waals surface area contributed by atoms with Gasteiger partial charge in [-0.1, -0.05) is 6.07 Å². The van der Waals surface area contributed by atoms with Gasteiger partial charge in [-0.15, -0.1) is 0 Å². The van der Waals surface area contributed by atoms with Gasteiger partial charge in [-0.05, 0) is 18.2 Å². The summed E-state index contributed by atoms with van der Waals surface area (Å²) in [7, 11) is 0. The highest BCUT2D eigenvalue weighted by Crippen LogP contribution is 2.25. The Hall–Kier alpha value is -1.68. The predicted octanol–water partition coefficient (Wildman–Crippen LogP) is 2.21. The first-order valence-corrected chi connectivity index (χ1v) is 5.71. The molecule has 3 nitrogen and oxygen atoms in total. The van der Waals surface area contributed by atoms with E-state index in [0.29, 0.717) is 18.9 Å². The summed E-state index contributed by atoms with van der Waals surface area (Å²) in [5, 5.41) is 0.835. The van der Waals surface area contributed by atoms with Gasteiger partial charge in [0.2, 0.25) is 0 Å². The molecule has 1 aromatic carbocycles. The van der Waals surface area contributed by atoms with Crippen LogP contribution in [0.25, 0.3) is 10.9 Å². The van der Waals surface area contributed by atoms with Gasteiger partial charge in [0.25, 0.3) is 0 Å². The first kappa shape index (κ1) is 10.5. The molecule has 0 bridgehead atoms. The second-order valence-electron chi connectivity index (χ2n) is 4.10. The number of pyridine rings is 1. The minimum atomic E-state index is -0.188. The highest BCUT2D eigenvalue weighted by molar-refractivity contribution is 5.82. The van der Waals surface area contributed by atoms with Gasteiger partial charge in [-0.3, -0.25) is 4.98 Å². The number of rotatable bonds is 1. The molecule has 0 saturated carbocycles. The largest absolute Gasteiger partial charge is 0.378 e. The van der Waals surface area contributed by atoms with Crippen molar-refractivity contribution in [1.82, 2.24) is 4.98 Å². The Morgan fingerprint density at radius 1 is 1.24 bits per heavy atom. The number of nitrogens with zero attached hydrogens (tertiary/aromatic N) is 2. The third-order valence-electron chi connectivity index (χ3n) is 3.02. The summed E-state index contributed by atoms with van der Waals surface area (Å²) in [5.41, 5.74) is 1.45. The first-order valence-electron chi connectivity index (χ1n) is 5.71. The molecule has 2 aromatic rings. The molecule has 0 N–H and O–H groups in total. The van der Waals surface area contributed by atoms with Crippen LogP contribution in [-0.2, 0) is 4.74 Å². The lowest BCUT2D eigenvalue weighted by Crippen LogP contribution is -2.36. The van der Waals surface area contributed by atoms with Crippen molar-refractivity contribution < 1.29 is 9.13 Å². The summed E-state index contributed by atoms with van der Waals surface area (Å²) in [6.45, 7) is 2.77. The average Bonchev–Trinajstić information content (AvgIpc) is 2.39. The number of benzene rings is 1. The zero-order valence-electron chi connectivity index (χ0n) is 9.40. The van der Waals surface area contributed by atoms with E-state index in [2.05, 4.69) is 4.98 Å². The number of anilines is 1. The predicted molar refractivity (Wildman–Crippen MR) is 64.7 cm³/mol. The Kier molecular flexibility index (Phi) is 2.65. The van der Waals surface area contributed by atoms with Gasteiger partial charge in [0.1, 0.15) is 5.82 Å². The van der Waals surface area contributed by atoms with Crippen molar-refractivity contribution in [2.45, 2.75) is 0 Å². The summed E-state index contributed by atoms with van der Waals surface area (Å²) in [6, 6.07) is 7.05. The molecule has 0 aliphatic carbocycles. The van der Waals surface area contributed by atoms with Gasteiger partial charge >= 0.3 is 0 Å². The molecular formula is C13H13FN2O. The van der Waals surface area contributed by atoms with E-state index < -0.39 is 0 Å². The van der Waals surface area contributed by atoms with Gasteiger partial charge < -0.3 is 9.64 Å². The van der Waals surface area contributed by atoms with E-state index in [0.717, 1.165) is 24.0 Å². The highest BCUT2D eigenvalue weighted by Gasteiger charge is 2.15. The number of hydrogen-bond acceptors (Lipinski definition) is 3. The maximum Gasteiger partial charge on any atom is 0.147 e. The van der Waals surface area contributed by atoms with Crippen LogP contribution in [-0.4, -0.2) is 31.3 Å². The molecule has 0 radical (unpaired) electrons. The van der Waals surface area contributed by atoms with Crippen LogP contribution in [0.2, 0.25) is 0 Å². The number of hydrogen-bond donors (Lipinski definition) is 0. The van der Waals surface area contributed by atoms with Crippen LogP contribution in [0.1, 0.15) is 0 Å². The summed E-state index contributed by atoms with van der Waals surface area (Å²) >= 11 is 0. The van der Waals surface area contributed by atoms with E-state index in [9.17, 15) is 4.39 Å². The molecule has 3 rings (SSSR count). The molecule has 1 aliphatic rings. The maximum absolute atomic E-state index is 14.0. The lowest BCUT2D eigenvalue weighted by molar-refractivity contribution is 0.122. The van der Waals surface area contributed by atoms with Crippen molar-refractivity contribution in [2.24, 2.45) is 0 Å². The fraction of sp³-hybridized carbons (Fsp3) is 0.308. The van der Waals surface area contributed by atoms with E-state index >= 15 is 0 Å². The summed E-state index contributed by atoms with van der Waals surface area (Å²) in [6.07, 6.45) is 1.73. The van der Waals surface area contributed by atoms with Gasteiger partial charge in [0.15, 0.2) is 0 Å². The van der Waals surface area contributed by atoms with Crippen LogP contribution in [0.4, 0.5) is 10.1 Å². The maximum atomic E-state index is 14.0. The van der Waals surface area contributed by atoms with Gasteiger partial charge in [-0.25, -0.2) is 4.39 Å². The van der Waals surface area contributed by atoms with Crippen LogP contribution in [0, 0.1) is 5.82 Å². The lowest BCUT2D eigenvalue weighted by atomic mass is 10.1. The molecule has 1 saturated heterocycles. The molecule has 0 spiro atoms. The normalized spacial score (nSPS) is 16.4. The quantitative estimate of drug-likeness (QED) is 0.753. The Morgan fingerprint density at radius 2 is 2.06 bits per heavy atom. The molecular weight excluding hydrogens is 219 g/mol. The summed E-state index contributed by atoms with van der Waals surface area (Å²) in [5.74, 6) is -0.188. The van der Waals surface area contributed by atoms with Gasteiger partial charge in [0, 0.05) is 24.7 Å². The van der Waals surface area contributed by atoms with Crippen molar-refractivity contribution in [3.05, 3.63) is 36.3 Å². The van der Waals surface area contributed by atoms with E-state index in [1.54, 1.807) is 12.3 Å². The Bertz CT molecular complexity index is 538. The second-order valence-corrected chi connectivity index (χ2v) is 4.10. The van der Waals surface area contributed by atoms with Crippen LogP contribution in [0.15, 0.2) is 30.5 Å². The summed E-state index contributed by atoms with van der Waals surface area (Å²) < 4.78 is 19.3. The minimum Gasteiger partial charge on any atom is -0.378 e. The van der Waals surface area contributed by atoms with Crippen LogP contribution in [0.3, 0.4) is 0 Å². The van der Waals surface area contributed by atoms with E-state index in [4.69, 9.17) is 4.74 Å². The second kappa shape index (κ2) is 4.30. The van der Waals surface area contributed by atoms with Crippen molar-refractivity contribution in [1.29, 1.82) is 0 Å². The van der Waals surface area contributed by atoms with Gasteiger partial charge in [0.05, 0.1) is 24.4 Å². The third-order valence-corrected chi connectivity index (χ3v) is 3.02. The van der Waals surface area contributed by atoms with Crippen LogP contribution < -0.4 is 4.90 Å². The molecule has 0 atom stereocenters. The molecule has 0 unspecified atom stereocenters. The fourth-order valence-electron chi connectivity index (χ4n) is 2.13. The number of ether oxygens (including phenoxy) is 1. The zero-order valence-corrected chi connectivity index (χ0v) is 9.40. The van der Waals surface area contributed by atoms with Crippen molar-refractivity contribution >= 4 is 16.6 Å². The molecule has 17 heavy (non-hydrogen) atoms. The van der Waals surface area contributed by atoms with Gasteiger partial charge in [-0.2, -0.15) is 0 Å². The average molecular weight is 232 g/mol. The smallest absolute Gasteiger partial charge is 0.147 e. The number of morpholine rings is 1. The standard InChI is InChI=1S/C13H13FN2O/c14-11-8-10-2-1-3-15-12(10)9-13(11)16-4-6-17-7-5-16/h1-3,8-9H,4-7H2. The number of aromatic nitrogens is 1. The monoisotopic (exact) mass is 232 g/mol. The van der Waals surface area contributed by atoms with Crippen molar-refractivity contribution in [3.63, 3.8) is 0 Å². The molecule has 88 valence electrons.